The molecule has 0 atom stereocenters. The first-order chi connectivity index (χ1) is 11.9. The highest BCUT2D eigenvalue weighted by molar-refractivity contribution is 7.88. The molecule has 1 aliphatic heterocycles. The molecular formula is C17H27N3O4S. The van der Waals surface area contributed by atoms with Gasteiger partial charge in [-0.1, -0.05) is 18.2 Å². The Bertz CT molecular complexity index is 670. The van der Waals surface area contributed by atoms with Crippen molar-refractivity contribution >= 4 is 15.9 Å². The molecule has 0 aromatic heterocycles. The van der Waals surface area contributed by atoms with Crippen LogP contribution in [0.15, 0.2) is 24.3 Å². The van der Waals surface area contributed by atoms with Gasteiger partial charge in [-0.2, -0.15) is 4.31 Å². The molecule has 1 fully saturated rings. The standard InChI is InChI=1S/C17H27N3O4S/c1-24-16-6-4-3-5-15(16)7-8-17(21)18-9-10-19-11-13-20(14-12-19)25(2,22)23/h3-6H,7-14H2,1-2H3,(H,18,21). The smallest absolute Gasteiger partial charge is 0.220 e. The van der Waals surface area contributed by atoms with Crippen molar-refractivity contribution in [2.24, 2.45) is 0 Å². The SMILES string of the molecule is COc1ccccc1CCC(=O)NCCN1CCN(S(C)(=O)=O)CC1. The summed E-state index contributed by atoms with van der Waals surface area (Å²) in [5, 5.41) is 2.93. The summed E-state index contributed by atoms with van der Waals surface area (Å²) in [4.78, 5) is 14.2. The highest BCUT2D eigenvalue weighted by atomic mass is 32.2. The van der Waals surface area contributed by atoms with E-state index in [4.69, 9.17) is 4.74 Å². The Morgan fingerprint density at radius 1 is 1.20 bits per heavy atom. The Balaban J connectivity index is 1.64. The summed E-state index contributed by atoms with van der Waals surface area (Å²) in [5.41, 5.74) is 1.03. The third-order valence-corrected chi connectivity index (χ3v) is 5.67. The highest BCUT2D eigenvalue weighted by Crippen LogP contribution is 2.18. The van der Waals surface area contributed by atoms with Gasteiger partial charge in [0.15, 0.2) is 0 Å². The van der Waals surface area contributed by atoms with Crippen molar-refractivity contribution < 1.29 is 17.9 Å². The van der Waals surface area contributed by atoms with Gasteiger partial charge < -0.3 is 10.1 Å². The fraction of sp³-hybridized carbons (Fsp3) is 0.588. The number of carbonyl (C=O) groups is 1. The summed E-state index contributed by atoms with van der Waals surface area (Å²) >= 11 is 0. The number of benzene rings is 1. The maximum atomic E-state index is 12.0. The number of amides is 1. The normalized spacial score (nSPS) is 16.6. The summed E-state index contributed by atoms with van der Waals surface area (Å²) in [6, 6.07) is 7.70. The van der Waals surface area contributed by atoms with Gasteiger partial charge in [0.25, 0.3) is 0 Å². The molecule has 1 aromatic rings. The maximum Gasteiger partial charge on any atom is 0.220 e. The Hall–Kier alpha value is -1.64. The number of hydrogen-bond donors (Lipinski definition) is 1. The molecule has 0 aliphatic carbocycles. The van der Waals surface area contributed by atoms with E-state index in [1.54, 1.807) is 7.11 Å². The van der Waals surface area contributed by atoms with Crippen molar-refractivity contribution in [3.8, 4) is 5.75 Å². The van der Waals surface area contributed by atoms with Crippen molar-refractivity contribution in [2.75, 3.05) is 52.6 Å². The van der Waals surface area contributed by atoms with E-state index in [1.165, 1.54) is 10.6 Å². The predicted octanol–water partition coefficient (Wildman–Crippen LogP) is 0.321. The second-order valence-corrected chi connectivity index (χ2v) is 8.15. The zero-order chi connectivity index (χ0) is 18.3. The zero-order valence-electron chi connectivity index (χ0n) is 14.9. The molecule has 7 nitrogen and oxygen atoms in total. The lowest BCUT2D eigenvalue weighted by molar-refractivity contribution is -0.121. The van der Waals surface area contributed by atoms with Crippen molar-refractivity contribution in [1.82, 2.24) is 14.5 Å². The van der Waals surface area contributed by atoms with Crippen LogP contribution >= 0.6 is 0 Å². The first-order valence-corrected chi connectivity index (χ1v) is 10.3. The minimum Gasteiger partial charge on any atom is -0.496 e. The first-order valence-electron chi connectivity index (χ1n) is 8.46. The van der Waals surface area contributed by atoms with Crippen LogP contribution in [0.2, 0.25) is 0 Å². The van der Waals surface area contributed by atoms with Crippen LogP contribution in [0.25, 0.3) is 0 Å². The summed E-state index contributed by atoms with van der Waals surface area (Å²) in [7, 11) is -1.47. The quantitative estimate of drug-likeness (QED) is 0.714. The van der Waals surface area contributed by atoms with Gasteiger partial charge in [-0.25, -0.2) is 8.42 Å². The molecule has 1 heterocycles. The number of methoxy groups -OCH3 is 1. The van der Waals surface area contributed by atoms with Crippen molar-refractivity contribution in [2.45, 2.75) is 12.8 Å². The molecule has 0 radical (unpaired) electrons. The average molecular weight is 369 g/mol. The number of piperazine rings is 1. The molecule has 8 heteroatoms. The summed E-state index contributed by atoms with van der Waals surface area (Å²) in [6.07, 6.45) is 2.30. The van der Waals surface area contributed by atoms with E-state index < -0.39 is 10.0 Å². The molecule has 1 aromatic carbocycles. The van der Waals surface area contributed by atoms with Crippen LogP contribution in [0.3, 0.4) is 0 Å². The molecule has 0 unspecified atom stereocenters. The number of nitrogens with one attached hydrogen (secondary N) is 1. The molecular weight excluding hydrogens is 342 g/mol. The molecule has 0 saturated carbocycles. The number of nitrogens with zero attached hydrogens (tertiary/aromatic N) is 2. The van der Waals surface area contributed by atoms with E-state index in [0.29, 0.717) is 45.6 Å². The number of ether oxygens (including phenoxy) is 1. The van der Waals surface area contributed by atoms with E-state index in [-0.39, 0.29) is 5.91 Å². The van der Waals surface area contributed by atoms with E-state index in [0.717, 1.165) is 17.9 Å². The fourth-order valence-electron chi connectivity index (χ4n) is 2.88. The molecule has 0 bridgehead atoms. The topological polar surface area (TPSA) is 79.0 Å². The van der Waals surface area contributed by atoms with E-state index in [9.17, 15) is 13.2 Å². The number of rotatable bonds is 8. The second kappa shape index (κ2) is 9.17. The van der Waals surface area contributed by atoms with Crippen molar-refractivity contribution in [3.05, 3.63) is 29.8 Å². The minimum atomic E-state index is -3.10. The summed E-state index contributed by atoms with van der Waals surface area (Å²) < 4.78 is 29.7. The Morgan fingerprint density at radius 3 is 2.52 bits per heavy atom. The van der Waals surface area contributed by atoms with Gasteiger partial charge in [0.1, 0.15) is 5.75 Å². The van der Waals surface area contributed by atoms with Gasteiger partial charge in [0.05, 0.1) is 13.4 Å². The molecule has 1 amide bonds. The fourth-order valence-corrected chi connectivity index (χ4v) is 3.71. The number of para-hydroxylation sites is 1. The monoisotopic (exact) mass is 369 g/mol. The number of aryl methyl sites for hydroxylation is 1. The van der Waals surface area contributed by atoms with E-state index >= 15 is 0 Å². The van der Waals surface area contributed by atoms with E-state index in [1.807, 2.05) is 24.3 Å². The van der Waals surface area contributed by atoms with Gasteiger partial charge in [-0.15, -0.1) is 0 Å². The van der Waals surface area contributed by atoms with Crippen LogP contribution < -0.4 is 10.1 Å². The van der Waals surface area contributed by atoms with Crippen LogP contribution in [0.4, 0.5) is 0 Å². The molecule has 1 aliphatic rings. The maximum absolute atomic E-state index is 12.0. The Labute approximate surface area is 150 Å². The van der Waals surface area contributed by atoms with Crippen LogP contribution in [0.1, 0.15) is 12.0 Å². The highest BCUT2D eigenvalue weighted by Gasteiger charge is 2.22. The molecule has 25 heavy (non-hydrogen) atoms. The van der Waals surface area contributed by atoms with Crippen LogP contribution in [-0.4, -0.2) is 76.2 Å². The Morgan fingerprint density at radius 2 is 1.88 bits per heavy atom. The summed E-state index contributed by atoms with van der Waals surface area (Å²) in [6.45, 7) is 3.73. The first kappa shape index (κ1) is 19.7. The number of sulfonamides is 1. The lowest BCUT2D eigenvalue weighted by atomic mass is 10.1. The number of hydrogen-bond acceptors (Lipinski definition) is 5. The lowest BCUT2D eigenvalue weighted by Crippen LogP contribution is -2.49. The van der Waals surface area contributed by atoms with Crippen molar-refractivity contribution in [3.63, 3.8) is 0 Å². The van der Waals surface area contributed by atoms with Gasteiger partial charge in [-0.3, -0.25) is 9.69 Å². The second-order valence-electron chi connectivity index (χ2n) is 6.17. The third-order valence-electron chi connectivity index (χ3n) is 4.36. The summed E-state index contributed by atoms with van der Waals surface area (Å²) in [5.74, 6) is 0.819. The molecule has 140 valence electrons. The predicted molar refractivity (Wildman–Crippen MR) is 97.2 cm³/mol. The van der Waals surface area contributed by atoms with Crippen LogP contribution in [-0.2, 0) is 21.2 Å². The van der Waals surface area contributed by atoms with E-state index in [2.05, 4.69) is 10.2 Å². The van der Waals surface area contributed by atoms with Gasteiger partial charge in [0.2, 0.25) is 15.9 Å². The van der Waals surface area contributed by atoms with Crippen molar-refractivity contribution in [1.29, 1.82) is 0 Å². The van der Waals surface area contributed by atoms with Gasteiger partial charge in [-0.05, 0) is 18.1 Å². The van der Waals surface area contributed by atoms with Gasteiger partial charge >= 0.3 is 0 Å². The molecule has 0 spiro atoms. The third kappa shape index (κ3) is 6.30. The molecule has 1 saturated heterocycles. The van der Waals surface area contributed by atoms with Gasteiger partial charge in [0, 0.05) is 45.7 Å². The van der Waals surface area contributed by atoms with Crippen LogP contribution in [0.5, 0.6) is 5.75 Å². The minimum absolute atomic E-state index is 0.0145. The largest absolute Gasteiger partial charge is 0.496 e. The molecule has 1 N–H and O–H groups in total. The zero-order valence-corrected chi connectivity index (χ0v) is 15.7. The molecule has 2 rings (SSSR count). The lowest BCUT2D eigenvalue weighted by Gasteiger charge is -2.33. The van der Waals surface area contributed by atoms with Crippen LogP contribution in [0, 0.1) is 0 Å². The Kier molecular flexibility index (Phi) is 7.22. The number of carbonyl (C=O) groups excluding carboxylic acids is 1. The average Bonchev–Trinajstić information content (AvgIpc) is 2.60.